The van der Waals surface area contributed by atoms with Gasteiger partial charge in [-0.15, -0.1) is 0 Å². The van der Waals surface area contributed by atoms with E-state index in [0.29, 0.717) is 5.92 Å². The lowest BCUT2D eigenvalue weighted by Gasteiger charge is -2.40. The van der Waals surface area contributed by atoms with Crippen LogP contribution in [0.2, 0.25) is 0 Å². The van der Waals surface area contributed by atoms with Crippen LogP contribution in [0.4, 0.5) is 0 Å². The van der Waals surface area contributed by atoms with Crippen LogP contribution < -0.4 is 0 Å². The molecule has 0 aromatic heterocycles. The van der Waals surface area contributed by atoms with Crippen LogP contribution in [0.3, 0.4) is 0 Å². The largest absolute Gasteiger partial charge is 0.479 e. The Bertz CT molecular complexity index is 271. The number of aliphatic carboxylic acids is 1. The van der Waals surface area contributed by atoms with Gasteiger partial charge in [0.2, 0.25) is 0 Å². The van der Waals surface area contributed by atoms with Gasteiger partial charge < -0.3 is 9.84 Å². The SMILES string of the molecule is CC1CC(OC(C(=O)O)C(C)C)CC(C)(C)C1. The van der Waals surface area contributed by atoms with E-state index in [1.807, 2.05) is 13.8 Å². The molecule has 0 heterocycles. The Morgan fingerprint density at radius 1 is 1.35 bits per heavy atom. The van der Waals surface area contributed by atoms with Crippen LogP contribution in [0, 0.1) is 17.3 Å². The molecule has 17 heavy (non-hydrogen) atoms. The van der Waals surface area contributed by atoms with E-state index in [1.165, 1.54) is 6.42 Å². The topological polar surface area (TPSA) is 46.5 Å². The molecule has 3 heteroatoms. The van der Waals surface area contributed by atoms with Crippen LogP contribution in [-0.2, 0) is 9.53 Å². The second-order valence-electron chi connectivity index (χ2n) is 6.67. The van der Waals surface area contributed by atoms with Crippen molar-refractivity contribution in [1.82, 2.24) is 0 Å². The highest BCUT2D eigenvalue weighted by molar-refractivity contribution is 5.72. The smallest absolute Gasteiger partial charge is 0.333 e. The van der Waals surface area contributed by atoms with Gasteiger partial charge in [0.05, 0.1) is 6.10 Å². The molecule has 0 radical (unpaired) electrons. The lowest BCUT2D eigenvalue weighted by atomic mass is 9.71. The average Bonchev–Trinajstić information content (AvgIpc) is 2.09. The number of rotatable bonds is 4. The van der Waals surface area contributed by atoms with Crippen LogP contribution in [0.1, 0.15) is 53.9 Å². The molecule has 0 bridgehead atoms. The zero-order chi connectivity index (χ0) is 13.2. The molecule has 3 unspecified atom stereocenters. The molecule has 0 saturated heterocycles. The van der Waals surface area contributed by atoms with Crippen LogP contribution in [0.5, 0.6) is 0 Å². The minimum atomic E-state index is -0.837. The van der Waals surface area contributed by atoms with Crippen LogP contribution >= 0.6 is 0 Å². The molecule has 100 valence electrons. The van der Waals surface area contributed by atoms with E-state index in [0.717, 1.165) is 12.8 Å². The number of carbonyl (C=O) groups is 1. The van der Waals surface area contributed by atoms with Gasteiger partial charge in [0.25, 0.3) is 0 Å². The molecule has 3 atom stereocenters. The first kappa shape index (κ1) is 14.5. The molecular formula is C14H26O3. The molecule has 1 saturated carbocycles. The Labute approximate surface area is 105 Å². The summed E-state index contributed by atoms with van der Waals surface area (Å²) in [7, 11) is 0. The summed E-state index contributed by atoms with van der Waals surface area (Å²) in [4.78, 5) is 11.1. The van der Waals surface area contributed by atoms with Gasteiger partial charge in [-0.3, -0.25) is 0 Å². The predicted octanol–water partition coefficient (Wildman–Crippen LogP) is 3.33. The first-order chi connectivity index (χ1) is 7.71. The molecule has 0 amide bonds. The molecule has 0 aromatic carbocycles. The molecule has 1 fully saturated rings. The van der Waals surface area contributed by atoms with Gasteiger partial charge in [0, 0.05) is 0 Å². The van der Waals surface area contributed by atoms with Crippen molar-refractivity contribution in [3.63, 3.8) is 0 Å². The Morgan fingerprint density at radius 3 is 2.35 bits per heavy atom. The summed E-state index contributed by atoms with van der Waals surface area (Å²) >= 11 is 0. The van der Waals surface area contributed by atoms with Gasteiger partial charge in [-0.05, 0) is 36.5 Å². The summed E-state index contributed by atoms with van der Waals surface area (Å²) in [6, 6.07) is 0. The fourth-order valence-corrected chi connectivity index (χ4v) is 3.07. The summed E-state index contributed by atoms with van der Waals surface area (Å²) in [6.07, 6.45) is 2.58. The van der Waals surface area contributed by atoms with E-state index in [-0.39, 0.29) is 17.4 Å². The molecule has 1 rings (SSSR count). The van der Waals surface area contributed by atoms with Crippen molar-refractivity contribution in [2.45, 2.75) is 66.1 Å². The van der Waals surface area contributed by atoms with Crippen molar-refractivity contribution in [3.8, 4) is 0 Å². The molecular weight excluding hydrogens is 216 g/mol. The summed E-state index contributed by atoms with van der Waals surface area (Å²) in [5, 5.41) is 9.15. The van der Waals surface area contributed by atoms with Crippen molar-refractivity contribution in [1.29, 1.82) is 0 Å². The molecule has 3 nitrogen and oxygen atoms in total. The van der Waals surface area contributed by atoms with Gasteiger partial charge in [-0.25, -0.2) is 4.79 Å². The number of ether oxygens (including phenoxy) is 1. The standard InChI is InChI=1S/C14H26O3/c1-9(2)12(13(15)16)17-11-6-10(3)7-14(4,5)8-11/h9-12H,6-8H2,1-5H3,(H,15,16). The highest BCUT2D eigenvalue weighted by Gasteiger charge is 2.35. The zero-order valence-electron chi connectivity index (χ0n) is 11.7. The molecule has 0 aliphatic heterocycles. The van der Waals surface area contributed by atoms with E-state index in [4.69, 9.17) is 9.84 Å². The second-order valence-corrected chi connectivity index (χ2v) is 6.67. The van der Waals surface area contributed by atoms with E-state index < -0.39 is 12.1 Å². The van der Waals surface area contributed by atoms with Gasteiger partial charge in [0.1, 0.15) is 0 Å². The highest BCUT2D eigenvalue weighted by Crippen LogP contribution is 2.40. The number of carboxylic acids is 1. The predicted molar refractivity (Wildman–Crippen MR) is 67.9 cm³/mol. The van der Waals surface area contributed by atoms with Gasteiger partial charge in [-0.2, -0.15) is 0 Å². The normalized spacial score (nSPS) is 30.2. The molecule has 1 N–H and O–H groups in total. The Balaban J connectivity index is 2.63. The van der Waals surface area contributed by atoms with Gasteiger partial charge in [0.15, 0.2) is 6.10 Å². The number of hydrogen-bond donors (Lipinski definition) is 1. The first-order valence-corrected chi connectivity index (χ1v) is 6.59. The zero-order valence-corrected chi connectivity index (χ0v) is 11.7. The maximum atomic E-state index is 11.1. The van der Waals surface area contributed by atoms with Crippen molar-refractivity contribution >= 4 is 5.97 Å². The fourth-order valence-electron chi connectivity index (χ4n) is 3.07. The number of hydrogen-bond acceptors (Lipinski definition) is 2. The summed E-state index contributed by atoms with van der Waals surface area (Å²) in [5.74, 6) is -0.200. The van der Waals surface area contributed by atoms with Crippen molar-refractivity contribution in [2.75, 3.05) is 0 Å². The van der Waals surface area contributed by atoms with E-state index in [2.05, 4.69) is 20.8 Å². The maximum absolute atomic E-state index is 11.1. The van der Waals surface area contributed by atoms with Crippen molar-refractivity contribution < 1.29 is 14.6 Å². The minimum Gasteiger partial charge on any atom is -0.479 e. The second kappa shape index (κ2) is 5.38. The van der Waals surface area contributed by atoms with Crippen molar-refractivity contribution in [3.05, 3.63) is 0 Å². The fraction of sp³-hybridized carbons (Fsp3) is 0.929. The average molecular weight is 242 g/mol. The van der Waals surface area contributed by atoms with Crippen LogP contribution in [0.15, 0.2) is 0 Å². The lowest BCUT2D eigenvalue weighted by molar-refractivity contribution is -0.162. The van der Waals surface area contributed by atoms with Crippen LogP contribution in [-0.4, -0.2) is 23.3 Å². The molecule has 1 aliphatic rings. The minimum absolute atomic E-state index is 0.0212. The summed E-state index contributed by atoms with van der Waals surface area (Å²) in [5.41, 5.74) is 0.266. The van der Waals surface area contributed by atoms with E-state index in [1.54, 1.807) is 0 Å². The molecule has 1 aliphatic carbocycles. The summed E-state index contributed by atoms with van der Waals surface area (Å²) in [6.45, 7) is 10.5. The Morgan fingerprint density at radius 2 is 1.94 bits per heavy atom. The number of carboxylic acid groups (broad SMARTS) is 1. The van der Waals surface area contributed by atoms with E-state index >= 15 is 0 Å². The third kappa shape index (κ3) is 4.30. The molecule has 0 aromatic rings. The van der Waals surface area contributed by atoms with E-state index in [9.17, 15) is 4.79 Å². The quantitative estimate of drug-likeness (QED) is 0.822. The highest BCUT2D eigenvalue weighted by atomic mass is 16.5. The van der Waals surface area contributed by atoms with Gasteiger partial charge >= 0.3 is 5.97 Å². The van der Waals surface area contributed by atoms with Crippen LogP contribution in [0.25, 0.3) is 0 Å². The first-order valence-electron chi connectivity index (χ1n) is 6.59. The Kier molecular flexibility index (Phi) is 4.59. The lowest BCUT2D eigenvalue weighted by Crippen LogP contribution is -2.39. The van der Waals surface area contributed by atoms with Crippen molar-refractivity contribution in [2.24, 2.45) is 17.3 Å². The maximum Gasteiger partial charge on any atom is 0.333 e. The third-order valence-electron chi connectivity index (χ3n) is 3.53. The molecule has 0 spiro atoms. The monoisotopic (exact) mass is 242 g/mol. The Hall–Kier alpha value is -0.570. The summed E-state index contributed by atoms with van der Waals surface area (Å²) < 4.78 is 5.82. The van der Waals surface area contributed by atoms with Gasteiger partial charge in [-0.1, -0.05) is 34.6 Å². The third-order valence-corrected chi connectivity index (χ3v) is 3.53.